The third-order valence-electron chi connectivity index (χ3n) is 7.63. The minimum absolute atomic E-state index is 0.00775. The van der Waals surface area contributed by atoms with Crippen LogP contribution < -0.4 is 15.0 Å². The molecule has 0 aliphatic carbocycles. The zero-order chi connectivity index (χ0) is 23.7. The fourth-order valence-corrected chi connectivity index (χ4v) is 5.94. The second-order valence-electron chi connectivity index (χ2n) is 9.78. The summed E-state index contributed by atoms with van der Waals surface area (Å²) in [6.45, 7) is 2.79. The summed E-state index contributed by atoms with van der Waals surface area (Å²) < 4.78 is 19.7. The highest BCUT2D eigenvalue weighted by Gasteiger charge is 2.51. The summed E-state index contributed by atoms with van der Waals surface area (Å²) in [5.41, 5.74) is 1.79. The predicted octanol–water partition coefficient (Wildman–Crippen LogP) is 4.10. The van der Waals surface area contributed by atoms with Gasteiger partial charge in [0.1, 0.15) is 11.6 Å². The van der Waals surface area contributed by atoms with E-state index in [1.54, 1.807) is 18.1 Å². The van der Waals surface area contributed by atoms with Crippen LogP contribution in [0.1, 0.15) is 60.4 Å². The highest BCUT2D eigenvalue weighted by Crippen LogP contribution is 2.42. The van der Waals surface area contributed by atoms with Gasteiger partial charge in [-0.25, -0.2) is 4.39 Å². The van der Waals surface area contributed by atoms with Gasteiger partial charge in [-0.3, -0.25) is 9.59 Å². The van der Waals surface area contributed by atoms with E-state index in [0.717, 1.165) is 50.0 Å². The lowest BCUT2D eigenvalue weighted by molar-refractivity contribution is -0.125. The second-order valence-corrected chi connectivity index (χ2v) is 9.78. The van der Waals surface area contributed by atoms with Crippen molar-refractivity contribution in [2.45, 2.75) is 50.0 Å². The summed E-state index contributed by atoms with van der Waals surface area (Å²) in [6.07, 6.45) is 5.54. The van der Waals surface area contributed by atoms with Crippen molar-refractivity contribution >= 4 is 17.5 Å². The second kappa shape index (κ2) is 9.28. The van der Waals surface area contributed by atoms with Crippen molar-refractivity contribution in [3.05, 3.63) is 59.4 Å². The molecule has 3 aliphatic rings. The van der Waals surface area contributed by atoms with Crippen molar-refractivity contribution in [1.29, 1.82) is 0 Å². The molecule has 1 N–H and O–H groups in total. The maximum Gasteiger partial charge on any atom is 0.257 e. The molecule has 0 saturated carbocycles. The van der Waals surface area contributed by atoms with Gasteiger partial charge in [-0.1, -0.05) is 12.1 Å². The van der Waals surface area contributed by atoms with Crippen LogP contribution in [-0.4, -0.2) is 55.5 Å². The molecule has 5 rings (SSSR count). The lowest BCUT2D eigenvalue weighted by Crippen LogP contribution is -2.56. The van der Waals surface area contributed by atoms with Gasteiger partial charge in [0.25, 0.3) is 5.91 Å². The average molecular weight is 466 g/mol. The number of carbonyl (C=O) groups excluding carboxylic acids is 2. The van der Waals surface area contributed by atoms with Crippen molar-refractivity contribution in [3.8, 4) is 5.75 Å². The molecule has 180 valence electrons. The van der Waals surface area contributed by atoms with Crippen LogP contribution in [0.25, 0.3) is 0 Å². The summed E-state index contributed by atoms with van der Waals surface area (Å²) in [5.74, 6) is -0.0646. The molecule has 2 atom stereocenters. The zero-order valence-electron chi connectivity index (χ0n) is 19.7. The Morgan fingerprint density at radius 1 is 1.12 bits per heavy atom. The van der Waals surface area contributed by atoms with Crippen molar-refractivity contribution in [1.82, 2.24) is 10.2 Å². The van der Waals surface area contributed by atoms with Crippen molar-refractivity contribution < 1.29 is 18.7 Å². The maximum absolute atomic E-state index is 14.1. The van der Waals surface area contributed by atoms with Gasteiger partial charge in [0.05, 0.1) is 18.2 Å². The number of halogens is 1. The van der Waals surface area contributed by atoms with Gasteiger partial charge in [-0.05, 0) is 68.0 Å². The van der Waals surface area contributed by atoms with E-state index in [-0.39, 0.29) is 23.5 Å². The molecule has 0 radical (unpaired) electrons. The van der Waals surface area contributed by atoms with Gasteiger partial charge in [-0.15, -0.1) is 0 Å². The van der Waals surface area contributed by atoms with E-state index in [4.69, 9.17) is 4.74 Å². The number of piperidine rings is 2. The Bertz CT molecular complexity index is 1080. The van der Waals surface area contributed by atoms with Crippen molar-refractivity contribution in [2.24, 2.45) is 0 Å². The van der Waals surface area contributed by atoms with Crippen molar-refractivity contribution in [2.75, 3.05) is 38.2 Å². The highest BCUT2D eigenvalue weighted by molar-refractivity contribution is 5.98. The Morgan fingerprint density at radius 3 is 2.68 bits per heavy atom. The number of amides is 2. The Labute approximate surface area is 200 Å². The number of anilines is 1. The molecule has 1 spiro atoms. The molecule has 7 heteroatoms. The molecule has 0 bridgehead atoms. The molecule has 2 aromatic rings. The number of nitrogens with one attached hydrogen (secondary N) is 1. The van der Waals surface area contributed by atoms with E-state index >= 15 is 0 Å². The largest absolute Gasteiger partial charge is 0.496 e. The molecular formula is C27H32FN3O3. The van der Waals surface area contributed by atoms with Gasteiger partial charge in [0.15, 0.2) is 0 Å². The summed E-state index contributed by atoms with van der Waals surface area (Å²) in [7, 11) is 1.58. The van der Waals surface area contributed by atoms with Crippen LogP contribution >= 0.6 is 0 Å². The van der Waals surface area contributed by atoms with Gasteiger partial charge >= 0.3 is 0 Å². The summed E-state index contributed by atoms with van der Waals surface area (Å²) >= 11 is 0. The monoisotopic (exact) mass is 465 g/mol. The third kappa shape index (κ3) is 4.24. The third-order valence-corrected chi connectivity index (χ3v) is 7.63. The molecule has 0 aromatic heterocycles. The SMILES string of the molecule is COc1ccc(N2CCCCC2)cc1C(=O)N1C[C@@H](c2cccc(F)c2)[C@@]2(CCCC(=O)N2)C1. The van der Waals surface area contributed by atoms with Gasteiger partial charge < -0.3 is 19.9 Å². The Balaban J connectivity index is 1.47. The number of benzene rings is 2. The van der Waals surface area contributed by atoms with Gasteiger partial charge in [0, 0.05) is 44.2 Å². The van der Waals surface area contributed by atoms with Crippen molar-refractivity contribution in [3.63, 3.8) is 0 Å². The first-order valence-corrected chi connectivity index (χ1v) is 12.3. The van der Waals surface area contributed by atoms with Crippen LogP contribution in [0.5, 0.6) is 5.75 Å². The van der Waals surface area contributed by atoms with E-state index in [1.807, 2.05) is 24.3 Å². The molecule has 3 fully saturated rings. The van der Waals surface area contributed by atoms with Gasteiger partial charge in [-0.2, -0.15) is 0 Å². The highest BCUT2D eigenvalue weighted by atomic mass is 19.1. The lowest BCUT2D eigenvalue weighted by Gasteiger charge is -2.39. The number of likely N-dealkylation sites (tertiary alicyclic amines) is 1. The quantitative estimate of drug-likeness (QED) is 0.739. The molecule has 3 saturated heterocycles. The lowest BCUT2D eigenvalue weighted by atomic mass is 9.76. The minimum Gasteiger partial charge on any atom is -0.496 e. The number of hydrogen-bond acceptors (Lipinski definition) is 4. The smallest absolute Gasteiger partial charge is 0.257 e. The summed E-state index contributed by atoms with van der Waals surface area (Å²) in [4.78, 5) is 30.4. The standard InChI is InChI=1S/C27H32FN3O3/c1-34-24-11-10-21(30-13-3-2-4-14-30)16-22(24)26(33)31-17-23(19-7-5-8-20(28)15-19)27(18-31)12-6-9-25(32)29-27/h5,7-8,10-11,15-16,23H,2-4,6,9,12-14,17-18H2,1H3,(H,29,32)/t23-,27+/m0/s1. The molecule has 0 unspecified atom stereocenters. The van der Waals surface area contributed by atoms with E-state index in [1.165, 1.54) is 18.6 Å². The first kappa shape index (κ1) is 22.7. The zero-order valence-corrected chi connectivity index (χ0v) is 19.7. The number of methoxy groups -OCH3 is 1. The maximum atomic E-state index is 14.1. The van der Waals surface area contributed by atoms with Crippen LogP contribution in [-0.2, 0) is 4.79 Å². The predicted molar refractivity (Wildman–Crippen MR) is 129 cm³/mol. The van der Waals surface area contributed by atoms with Crippen LogP contribution in [0.2, 0.25) is 0 Å². The summed E-state index contributed by atoms with van der Waals surface area (Å²) in [5, 5.41) is 3.19. The number of rotatable bonds is 4. The van der Waals surface area contributed by atoms with E-state index in [9.17, 15) is 14.0 Å². The number of hydrogen-bond donors (Lipinski definition) is 1. The van der Waals surface area contributed by atoms with Crippen LogP contribution in [0.15, 0.2) is 42.5 Å². The molecular weight excluding hydrogens is 433 g/mol. The molecule has 6 nitrogen and oxygen atoms in total. The van der Waals surface area contributed by atoms with E-state index in [0.29, 0.717) is 30.8 Å². The Kier molecular flexibility index (Phi) is 6.19. The van der Waals surface area contributed by atoms with Crippen LogP contribution in [0, 0.1) is 5.82 Å². The first-order valence-electron chi connectivity index (χ1n) is 12.3. The number of carbonyl (C=O) groups is 2. The van der Waals surface area contributed by atoms with Gasteiger partial charge in [0.2, 0.25) is 5.91 Å². The topological polar surface area (TPSA) is 61.9 Å². The molecule has 34 heavy (non-hydrogen) atoms. The number of nitrogens with zero attached hydrogens (tertiary/aromatic N) is 2. The van der Waals surface area contributed by atoms with E-state index < -0.39 is 5.54 Å². The molecule has 2 aromatic carbocycles. The number of ether oxygens (including phenoxy) is 1. The Hall–Kier alpha value is -3.09. The fourth-order valence-electron chi connectivity index (χ4n) is 5.94. The molecule has 2 amide bonds. The normalized spacial score (nSPS) is 24.9. The van der Waals surface area contributed by atoms with Crippen LogP contribution in [0.3, 0.4) is 0 Å². The molecule has 3 aliphatic heterocycles. The fraction of sp³-hybridized carbons (Fsp3) is 0.481. The first-order chi connectivity index (χ1) is 16.5. The minimum atomic E-state index is -0.587. The summed E-state index contributed by atoms with van der Waals surface area (Å²) in [6, 6.07) is 12.4. The van der Waals surface area contributed by atoms with Crippen LogP contribution in [0.4, 0.5) is 10.1 Å². The Morgan fingerprint density at radius 2 is 1.94 bits per heavy atom. The molecule has 3 heterocycles. The van der Waals surface area contributed by atoms with E-state index in [2.05, 4.69) is 10.2 Å². The average Bonchev–Trinajstić information content (AvgIpc) is 3.21.